The van der Waals surface area contributed by atoms with Crippen LogP contribution in [0.15, 0.2) is 90.0 Å². The highest BCUT2D eigenvalue weighted by molar-refractivity contribution is 5.80. The Morgan fingerprint density at radius 3 is 1.84 bits per heavy atom. The Morgan fingerprint density at radius 1 is 0.710 bits per heavy atom. The lowest BCUT2D eigenvalue weighted by molar-refractivity contribution is 0.414. The highest BCUT2D eigenvalue weighted by atomic mass is 16.5. The maximum atomic E-state index is 5.26. The van der Waals surface area contributed by atoms with E-state index in [1.807, 2.05) is 84.9 Å². The maximum absolute atomic E-state index is 5.26. The Morgan fingerprint density at radius 2 is 1.26 bits per heavy atom. The summed E-state index contributed by atoms with van der Waals surface area (Å²) in [6, 6.07) is 27.3. The van der Waals surface area contributed by atoms with E-state index in [0.29, 0.717) is 5.95 Å². The number of ether oxygens (including phenoxy) is 2. The molecule has 0 saturated heterocycles. The first-order chi connectivity index (χ1) is 15.2. The Bertz CT molecular complexity index is 1160. The van der Waals surface area contributed by atoms with Crippen LogP contribution < -0.4 is 14.9 Å². The summed E-state index contributed by atoms with van der Waals surface area (Å²) in [6.45, 7) is 0. The molecule has 0 spiro atoms. The van der Waals surface area contributed by atoms with Gasteiger partial charge in [0.2, 0.25) is 5.95 Å². The summed E-state index contributed by atoms with van der Waals surface area (Å²) in [5.74, 6) is 2.01. The number of rotatable bonds is 7. The van der Waals surface area contributed by atoms with Crippen molar-refractivity contribution >= 4 is 12.2 Å². The zero-order valence-corrected chi connectivity index (χ0v) is 17.3. The molecule has 4 aromatic rings. The van der Waals surface area contributed by atoms with Gasteiger partial charge in [-0.2, -0.15) is 5.10 Å². The highest BCUT2D eigenvalue weighted by Crippen LogP contribution is 2.26. The van der Waals surface area contributed by atoms with Crippen LogP contribution in [0.2, 0.25) is 0 Å². The van der Waals surface area contributed by atoms with Crippen LogP contribution >= 0.6 is 0 Å². The molecule has 6 heteroatoms. The third-order valence-corrected chi connectivity index (χ3v) is 4.68. The molecule has 31 heavy (non-hydrogen) atoms. The smallest absolute Gasteiger partial charge is 0.244 e. The molecule has 0 amide bonds. The Balaban J connectivity index is 1.64. The van der Waals surface area contributed by atoms with Crippen LogP contribution in [0.4, 0.5) is 5.95 Å². The average molecular weight is 410 g/mol. The monoisotopic (exact) mass is 410 g/mol. The molecule has 1 aromatic heterocycles. The molecule has 0 aliphatic carbocycles. The summed E-state index contributed by atoms with van der Waals surface area (Å²) in [6.07, 6.45) is 1.71. The molecule has 6 nitrogen and oxygen atoms in total. The third-order valence-electron chi connectivity index (χ3n) is 4.68. The first-order valence-electron chi connectivity index (χ1n) is 9.77. The van der Waals surface area contributed by atoms with Crippen molar-refractivity contribution in [1.82, 2.24) is 9.97 Å². The summed E-state index contributed by atoms with van der Waals surface area (Å²) in [5, 5.41) is 4.30. The first kappa shape index (κ1) is 20.1. The first-order valence-corrected chi connectivity index (χ1v) is 9.77. The Labute approximate surface area is 181 Å². The van der Waals surface area contributed by atoms with E-state index in [4.69, 9.17) is 9.47 Å². The molecule has 154 valence electrons. The Kier molecular flexibility index (Phi) is 6.18. The number of methoxy groups -OCH3 is 2. The fourth-order valence-electron chi connectivity index (χ4n) is 3.02. The number of hydrazone groups is 1. The summed E-state index contributed by atoms with van der Waals surface area (Å²) in [7, 11) is 3.29. The van der Waals surface area contributed by atoms with Crippen LogP contribution in [0.1, 0.15) is 5.56 Å². The minimum atomic E-state index is 0.414. The van der Waals surface area contributed by atoms with Gasteiger partial charge in [-0.3, -0.25) is 0 Å². The standard InChI is InChI=1S/C25H22N4O2/c1-30-21-12-8-18(9-13-21)17-26-29-25-27-23(19-6-4-3-5-7-19)16-24(28-25)20-10-14-22(31-2)15-11-20/h3-17H,1-2H3,(H,27,28,29)/b26-17+. The summed E-state index contributed by atoms with van der Waals surface area (Å²) >= 11 is 0. The molecule has 0 bridgehead atoms. The van der Waals surface area contributed by atoms with Gasteiger partial charge in [-0.15, -0.1) is 0 Å². The number of hydrogen-bond donors (Lipinski definition) is 1. The molecule has 0 saturated carbocycles. The number of nitrogens with zero attached hydrogens (tertiary/aromatic N) is 3. The van der Waals surface area contributed by atoms with Gasteiger partial charge in [0, 0.05) is 11.1 Å². The van der Waals surface area contributed by atoms with Gasteiger partial charge in [0.25, 0.3) is 0 Å². The van der Waals surface area contributed by atoms with Crippen LogP contribution in [0, 0.1) is 0 Å². The predicted molar refractivity (Wildman–Crippen MR) is 124 cm³/mol. The van der Waals surface area contributed by atoms with Crippen LogP contribution in [-0.4, -0.2) is 30.4 Å². The molecule has 0 fully saturated rings. The normalized spacial score (nSPS) is 10.8. The highest BCUT2D eigenvalue weighted by Gasteiger charge is 2.09. The van der Waals surface area contributed by atoms with Crippen LogP contribution in [-0.2, 0) is 0 Å². The van der Waals surface area contributed by atoms with Crippen molar-refractivity contribution < 1.29 is 9.47 Å². The molecule has 1 heterocycles. The van der Waals surface area contributed by atoms with Crippen molar-refractivity contribution in [3.8, 4) is 34.0 Å². The third kappa shape index (κ3) is 5.05. The van der Waals surface area contributed by atoms with Gasteiger partial charge in [-0.05, 0) is 60.2 Å². The minimum Gasteiger partial charge on any atom is -0.497 e. The van der Waals surface area contributed by atoms with Crippen molar-refractivity contribution in [2.24, 2.45) is 5.10 Å². The second-order valence-electron chi connectivity index (χ2n) is 6.70. The van der Waals surface area contributed by atoms with Gasteiger partial charge in [0.05, 0.1) is 31.8 Å². The van der Waals surface area contributed by atoms with Crippen LogP contribution in [0.3, 0.4) is 0 Å². The van der Waals surface area contributed by atoms with Crippen molar-refractivity contribution in [2.75, 3.05) is 19.6 Å². The van der Waals surface area contributed by atoms with Crippen LogP contribution in [0.5, 0.6) is 11.5 Å². The number of hydrogen-bond acceptors (Lipinski definition) is 6. The lowest BCUT2D eigenvalue weighted by atomic mass is 10.1. The number of nitrogens with one attached hydrogen (secondary N) is 1. The lowest BCUT2D eigenvalue weighted by Crippen LogP contribution is -2.00. The van der Waals surface area contributed by atoms with E-state index in [9.17, 15) is 0 Å². The summed E-state index contributed by atoms with van der Waals surface area (Å²) < 4.78 is 10.4. The molecule has 0 unspecified atom stereocenters. The Hall–Kier alpha value is -4.19. The predicted octanol–water partition coefficient (Wildman–Crippen LogP) is 5.27. The van der Waals surface area contributed by atoms with Crippen molar-refractivity contribution in [1.29, 1.82) is 0 Å². The van der Waals surface area contributed by atoms with Gasteiger partial charge in [0.15, 0.2) is 0 Å². The SMILES string of the molecule is COc1ccc(/C=N/Nc2nc(-c3ccccc3)cc(-c3ccc(OC)cc3)n2)cc1. The quantitative estimate of drug-likeness (QED) is 0.332. The molecule has 4 rings (SSSR count). The van der Waals surface area contributed by atoms with E-state index >= 15 is 0 Å². The molecule has 3 aromatic carbocycles. The minimum absolute atomic E-state index is 0.414. The van der Waals surface area contributed by atoms with Gasteiger partial charge in [-0.25, -0.2) is 15.4 Å². The number of benzene rings is 3. The summed E-state index contributed by atoms with van der Waals surface area (Å²) in [4.78, 5) is 9.29. The van der Waals surface area contributed by atoms with E-state index in [1.54, 1.807) is 20.4 Å². The number of aromatic nitrogens is 2. The van der Waals surface area contributed by atoms with E-state index in [-0.39, 0.29) is 0 Å². The largest absolute Gasteiger partial charge is 0.497 e. The van der Waals surface area contributed by atoms with Gasteiger partial charge >= 0.3 is 0 Å². The zero-order chi connectivity index (χ0) is 21.5. The van der Waals surface area contributed by atoms with Gasteiger partial charge in [0.1, 0.15) is 11.5 Å². The van der Waals surface area contributed by atoms with Crippen molar-refractivity contribution in [2.45, 2.75) is 0 Å². The van der Waals surface area contributed by atoms with Crippen LogP contribution in [0.25, 0.3) is 22.5 Å². The zero-order valence-electron chi connectivity index (χ0n) is 17.3. The lowest BCUT2D eigenvalue weighted by Gasteiger charge is -2.09. The molecule has 0 aliphatic rings. The molecule has 0 atom stereocenters. The molecular formula is C25H22N4O2. The average Bonchev–Trinajstić information content (AvgIpc) is 2.85. The molecule has 0 radical (unpaired) electrons. The van der Waals surface area contributed by atoms with Gasteiger partial charge < -0.3 is 9.47 Å². The fraction of sp³-hybridized carbons (Fsp3) is 0.0800. The summed E-state index contributed by atoms with van der Waals surface area (Å²) in [5.41, 5.74) is 7.45. The van der Waals surface area contributed by atoms with E-state index in [1.165, 1.54) is 0 Å². The van der Waals surface area contributed by atoms with E-state index < -0.39 is 0 Å². The molecule has 0 aliphatic heterocycles. The van der Waals surface area contributed by atoms with E-state index in [0.717, 1.165) is 39.6 Å². The van der Waals surface area contributed by atoms with Crippen molar-refractivity contribution in [3.63, 3.8) is 0 Å². The molecule has 1 N–H and O–H groups in total. The fourth-order valence-corrected chi connectivity index (χ4v) is 3.02. The molecular weight excluding hydrogens is 388 g/mol. The number of anilines is 1. The second-order valence-corrected chi connectivity index (χ2v) is 6.70. The van der Waals surface area contributed by atoms with Gasteiger partial charge in [-0.1, -0.05) is 30.3 Å². The van der Waals surface area contributed by atoms with E-state index in [2.05, 4.69) is 20.5 Å². The second kappa shape index (κ2) is 9.54. The topological polar surface area (TPSA) is 68.6 Å². The maximum Gasteiger partial charge on any atom is 0.244 e. The van der Waals surface area contributed by atoms with Crippen molar-refractivity contribution in [3.05, 3.63) is 90.5 Å².